The first kappa shape index (κ1) is 19.0. The molecule has 0 aromatic carbocycles. The quantitative estimate of drug-likeness (QED) is 0.601. The third-order valence-electron chi connectivity index (χ3n) is 4.02. The minimum absolute atomic E-state index is 0.0104. The summed E-state index contributed by atoms with van der Waals surface area (Å²) in [5, 5.41) is 10.6. The lowest BCUT2D eigenvalue weighted by Crippen LogP contribution is -2.73. The fourth-order valence-corrected chi connectivity index (χ4v) is 3.02. The molecule has 0 saturated carbocycles. The zero-order valence-corrected chi connectivity index (χ0v) is 15.5. The molecule has 2 fully saturated rings. The molecule has 0 aliphatic carbocycles. The Hall–Kier alpha value is -2.38. The Labute approximate surface area is 147 Å². The summed E-state index contributed by atoms with van der Waals surface area (Å²) < 4.78 is 5.35. The molecule has 0 atom stereocenters. The first-order valence-corrected chi connectivity index (χ1v) is 8.51. The number of likely N-dealkylation sites (tertiary alicyclic amines) is 1. The van der Waals surface area contributed by atoms with Gasteiger partial charge < -0.3 is 14.5 Å². The summed E-state index contributed by atoms with van der Waals surface area (Å²) in [5.41, 5.74) is -0.377. The number of hydrogen-bond acceptors (Lipinski definition) is 6. The molecule has 1 amide bonds. The smallest absolute Gasteiger partial charge is 0.410 e. The van der Waals surface area contributed by atoms with Crippen LogP contribution in [0.2, 0.25) is 0 Å². The van der Waals surface area contributed by atoms with E-state index in [-0.39, 0.29) is 17.2 Å². The predicted molar refractivity (Wildman–Crippen MR) is 94.7 cm³/mol. The number of amides is 1. The normalized spacial score (nSPS) is 17.8. The van der Waals surface area contributed by atoms with Crippen molar-refractivity contribution in [1.29, 1.82) is 0 Å². The van der Waals surface area contributed by atoms with Crippen LogP contribution in [-0.4, -0.2) is 52.7 Å². The fourth-order valence-electron chi connectivity index (χ4n) is 3.02. The topological polar surface area (TPSA) is 88.8 Å². The summed E-state index contributed by atoms with van der Waals surface area (Å²) in [6, 6.07) is 3.12. The monoisotopic (exact) mass is 350 g/mol. The zero-order valence-electron chi connectivity index (χ0n) is 15.5. The lowest BCUT2D eigenvalue weighted by Gasteiger charge is -2.60. The molecule has 2 saturated heterocycles. The van der Waals surface area contributed by atoms with Crippen LogP contribution in [0.5, 0.6) is 0 Å². The molecule has 0 unspecified atom stereocenters. The SMILES string of the molecule is CC.CC(C)(C)OC(=O)N1CC2(C1)CN(c1ccc([N+](=O)[O-])cn1)C2. The maximum absolute atomic E-state index is 11.9. The van der Waals surface area contributed by atoms with Crippen molar-refractivity contribution in [2.24, 2.45) is 5.41 Å². The number of carbonyl (C=O) groups is 1. The molecule has 3 heterocycles. The van der Waals surface area contributed by atoms with Gasteiger partial charge in [0, 0.05) is 37.7 Å². The Morgan fingerprint density at radius 2 is 1.84 bits per heavy atom. The van der Waals surface area contributed by atoms with Crippen LogP contribution in [0, 0.1) is 15.5 Å². The van der Waals surface area contributed by atoms with Gasteiger partial charge in [-0.05, 0) is 26.8 Å². The summed E-state index contributed by atoms with van der Waals surface area (Å²) in [4.78, 5) is 30.0. The molecule has 2 aliphatic heterocycles. The van der Waals surface area contributed by atoms with Crippen molar-refractivity contribution in [1.82, 2.24) is 9.88 Å². The van der Waals surface area contributed by atoms with E-state index in [1.807, 2.05) is 34.6 Å². The zero-order chi connectivity index (χ0) is 18.8. The highest BCUT2D eigenvalue weighted by atomic mass is 16.6. The molecule has 25 heavy (non-hydrogen) atoms. The predicted octanol–water partition coefficient (Wildman–Crippen LogP) is 3.07. The number of carbonyl (C=O) groups excluding carboxylic acids is 1. The number of ether oxygens (including phenoxy) is 1. The van der Waals surface area contributed by atoms with E-state index in [2.05, 4.69) is 9.88 Å². The molecule has 0 N–H and O–H groups in total. The van der Waals surface area contributed by atoms with Crippen LogP contribution in [0.3, 0.4) is 0 Å². The maximum Gasteiger partial charge on any atom is 0.410 e. The Kier molecular flexibility index (Phi) is 5.20. The Morgan fingerprint density at radius 1 is 1.24 bits per heavy atom. The average molecular weight is 350 g/mol. The highest BCUT2D eigenvalue weighted by molar-refractivity contribution is 5.70. The van der Waals surface area contributed by atoms with Crippen LogP contribution in [-0.2, 0) is 4.74 Å². The second kappa shape index (κ2) is 6.85. The Morgan fingerprint density at radius 3 is 2.28 bits per heavy atom. The minimum atomic E-state index is -0.478. The van der Waals surface area contributed by atoms with Crippen LogP contribution < -0.4 is 4.90 Å². The molecule has 2 aliphatic rings. The Balaban J connectivity index is 0.00000109. The van der Waals surface area contributed by atoms with Gasteiger partial charge in [0.25, 0.3) is 5.69 Å². The van der Waals surface area contributed by atoms with E-state index < -0.39 is 10.5 Å². The third kappa shape index (κ3) is 4.18. The van der Waals surface area contributed by atoms with Crippen LogP contribution in [0.25, 0.3) is 0 Å². The molecule has 0 radical (unpaired) electrons. The number of rotatable bonds is 2. The van der Waals surface area contributed by atoms with Gasteiger partial charge >= 0.3 is 6.09 Å². The van der Waals surface area contributed by atoms with Crippen LogP contribution in [0.15, 0.2) is 18.3 Å². The van der Waals surface area contributed by atoms with Crippen LogP contribution in [0.1, 0.15) is 34.6 Å². The van der Waals surface area contributed by atoms with E-state index in [1.165, 1.54) is 12.3 Å². The molecular weight excluding hydrogens is 324 g/mol. The average Bonchev–Trinajstić information content (AvgIpc) is 2.45. The van der Waals surface area contributed by atoms with Gasteiger partial charge in [-0.15, -0.1) is 0 Å². The molecule has 0 bridgehead atoms. The summed E-state index contributed by atoms with van der Waals surface area (Å²) >= 11 is 0. The van der Waals surface area contributed by atoms with E-state index in [0.29, 0.717) is 13.1 Å². The van der Waals surface area contributed by atoms with Crippen molar-refractivity contribution in [3.63, 3.8) is 0 Å². The van der Waals surface area contributed by atoms with Crippen molar-refractivity contribution >= 4 is 17.6 Å². The number of hydrogen-bond donors (Lipinski definition) is 0. The van der Waals surface area contributed by atoms with Crippen molar-refractivity contribution in [2.45, 2.75) is 40.2 Å². The van der Waals surface area contributed by atoms with Crippen molar-refractivity contribution in [3.05, 3.63) is 28.4 Å². The van der Waals surface area contributed by atoms with Crippen molar-refractivity contribution in [3.8, 4) is 0 Å². The molecular formula is C17H26N4O4. The summed E-state index contributed by atoms with van der Waals surface area (Å²) in [7, 11) is 0. The summed E-state index contributed by atoms with van der Waals surface area (Å²) in [5.74, 6) is 0.733. The van der Waals surface area contributed by atoms with Crippen LogP contribution >= 0.6 is 0 Å². The van der Waals surface area contributed by atoms with Gasteiger partial charge in [-0.1, -0.05) is 13.8 Å². The minimum Gasteiger partial charge on any atom is -0.444 e. The first-order valence-electron chi connectivity index (χ1n) is 8.51. The molecule has 1 aromatic rings. The van der Waals surface area contributed by atoms with Crippen molar-refractivity contribution in [2.75, 3.05) is 31.1 Å². The fraction of sp³-hybridized carbons (Fsp3) is 0.647. The van der Waals surface area contributed by atoms with Gasteiger partial charge in [0.05, 0.1) is 4.92 Å². The summed E-state index contributed by atoms with van der Waals surface area (Å²) in [6.45, 7) is 12.5. The Bertz CT molecular complexity index is 625. The number of nitrogens with zero attached hydrogens (tertiary/aromatic N) is 4. The van der Waals surface area contributed by atoms with Gasteiger partial charge in [-0.3, -0.25) is 10.1 Å². The van der Waals surface area contributed by atoms with Crippen LogP contribution in [0.4, 0.5) is 16.3 Å². The lowest BCUT2D eigenvalue weighted by atomic mass is 9.73. The van der Waals surface area contributed by atoms with Gasteiger partial charge in [-0.2, -0.15) is 0 Å². The van der Waals surface area contributed by atoms with E-state index in [4.69, 9.17) is 4.74 Å². The number of aromatic nitrogens is 1. The second-order valence-electron chi connectivity index (χ2n) is 7.32. The number of anilines is 1. The van der Waals surface area contributed by atoms with E-state index in [1.54, 1.807) is 11.0 Å². The van der Waals surface area contributed by atoms with E-state index in [9.17, 15) is 14.9 Å². The van der Waals surface area contributed by atoms with Gasteiger partial charge in [0.15, 0.2) is 0 Å². The third-order valence-corrected chi connectivity index (χ3v) is 4.02. The van der Waals surface area contributed by atoms with E-state index >= 15 is 0 Å². The maximum atomic E-state index is 11.9. The van der Waals surface area contributed by atoms with Gasteiger partial charge in [0.2, 0.25) is 0 Å². The van der Waals surface area contributed by atoms with Crippen molar-refractivity contribution < 1.29 is 14.5 Å². The molecule has 1 aromatic heterocycles. The molecule has 8 heteroatoms. The first-order chi connectivity index (χ1) is 11.7. The molecule has 1 spiro atoms. The largest absolute Gasteiger partial charge is 0.444 e. The van der Waals surface area contributed by atoms with Gasteiger partial charge in [-0.25, -0.2) is 9.78 Å². The summed E-state index contributed by atoms with van der Waals surface area (Å²) in [6.07, 6.45) is 1.00. The standard InChI is InChI=1S/C15H20N4O4.C2H6/c1-14(2,3)23-13(20)18-9-15(10-18)7-17(8-15)12-5-4-11(6-16-12)19(21)22;1-2/h4-6H,7-10H2,1-3H3;1-2H3. The number of nitro groups is 1. The van der Waals surface area contributed by atoms with E-state index in [0.717, 1.165) is 18.9 Å². The number of pyridine rings is 1. The second-order valence-corrected chi connectivity index (χ2v) is 7.32. The lowest BCUT2D eigenvalue weighted by molar-refractivity contribution is -0.385. The highest BCUT2D eigenvalue weighted by Gasteiger charge is 2.54. The van der Waals surface area contributed by atoms with Gasteiger partial charge in [0.1, 0.15) is 17.6 Å². The molecule has 8 nitrogen and oxygen atoms in total. The molecule has 138 valence electrons. The molecule has 3 rings (SSSR count). The highest BCUT2D eigenvalue weighted by Crippen LogP contribution is 2.41.